The van der Waals surface area contributed by atoms with E-state index in [0.717, 1.165) is 18.5 Å². The Hall–Kier alpha value is -0.130. The van der Waals surface area contributed by atoms with Crippen LogP contribution in [-0.4, -0.2) is 29.6 Å². The molecule has 0 amide bonds. The summed E-state index contributed by atoms with van der Waals surface area (Å²) in [4.78, 5) is 2.81. The zero-order valence-corrected chi connectivity index (χ0v) is 14.8. The van der Waals surface area contributed by atoms with Gasteiger partial charge in [0.2, 0.25) is 0 Å². The molecule has 0 radical (unpaired) electrons. The van der Waals surface area contributed by atoms with Crippen molar-refractivity contribution in [2.45, 2.75) is 56.7 Å². The fourth-order valence-electron chi connectivity index (χ4n) is 4.34. The molecule has 1 unspecified atom stereocenters. The lowest BCUT2D eigenvalue weighted by Crippen LogP contribution is -2.63. The fourth-order valence-corrected chi connectivity index (χ4v) is 4.70. The quantitative estimate of drug-likeness (QED) is 0.783. The molecule has 1 spiro atoms. The van der Waals surface area contributed by atoms with Crippen LogP contribution in [0.4, 0.5) is 0 Å². The standard InChI is InChI=1S/C18H25IN2/c19-16-7-3-14(4-8-16)12-21-13-18(9-1-2-10-18)20-11-17(21)15-5-6-15/h3-4,7-8,15,17,20H,1-2,5-6,9-13H2. The van der Waals surface area contributed by atoms with Crippen LogP contribution in [0.15, 0.2) is 24.3 Å². The Morgan fingerprint density at radius 2 is 1.86 bits per heavy atom. The monoisotopic (exact) mass is 396 g/mol. The van der Waals surface area contributed by atoms with Crippen molar-refractivity contribution in [3.63, 3.8) is 0 Å². The predicted octanol–water partition coefficient (Wildman–Crippen LogP) is 3.79. The van der Waals surface area contributed by atoms with Gasteiger partial charge in [-0.25, -0.2) is 0 Å². The predicted molar refractivity (Wildman–Crippen MR) is 95.3 cm³/mol. The molecular weight excluding hydrogens is 371 g/mol. The lowest BCUT2D eigenvalue weighted by atomic mass is 9.90. The van der Waals surface area contributed by atoms with Gasteiger partial charge in [0.25, 0.3) is 0 Å². The summed E-state index contributed by atoms with van der Waals surface area (Å²) in [7, 11) is 0. The first-order chi connectivity index (χ1) is 10.2. The van der Waals surface area contributed by atoms with Crippen molar-refractivity contribution in [2.24, 2.45) is 5.92 Å². The van der Waals surface area contributed by atoms with E-state index in [-0.39, 0.29) is 0 Å². The smallest absolute Gasteiger partial charge is 0.0309 e. The molecule has 21 heavy (non-hydrogen) atoms. The molecule has 1 aromatic rings. The summed E-state index contributed by atoms with van der Waals surface area (Å²) in [5.74, 6) is 0.958. The number of piperazine rings is 1. The van der Waals surface area contributed by atoms with Gasteiger partial charge >= 0.3 is 0 Å². The van der Waals surface area contributed by atoms with E-state index < -0.39 is 0 Å². The SMILES string of the molecule is Ic1ccc(CN2CC3(CCCC3)NCC2C2CC2)cc1. The summed E-state index contributed by atoms with van der Waals surface area (Å²) in [6.45, 7) is 3.62. The average molecular weight is 396 g/mol. The van der Waals surface area contributed by atoms with Gasteiger partial charge in [-0.3, -0.25) is 4.90 Å². The van der Waals surface area contributed by atoms with Crippen LogP contribution < -0.4 is 5.32 Å². The Kier molecular flexibility index (Phi) is 4.01. The van der Waals surface area contributed by atoms with Crippen LogP contribution in [0, 0.1) is 9.49 Å². The first-order valence-electron chi connectivity index (χ1n) is 8.48. The molecule has 1 N–H and O–H groups in total. The van der Waals surface area contributed by atoms with Crippen molar-refractivity contribution in [3.05, 3.63) is 33.4 Å². The molecule has 0 aromatic heterocycles. The maximum Gasteiger partial charge on any atom is 0.0309 e. The van der Waals surface area contributed by atoms with Gasteiger partial charge < -0.3 is 5.32 Å². The highest BCUT2D eigenvalue weighted by Gasteiger charge is 2.45. The topological polar surface area (TPSA) is 15.3 Å². The largest absolute Gasteiger partial charge is 0.308 e. The molecule has 3 aliphatic rings. The second-order valence-corrected chi connectivity index (χ2v) is 8.55. The fraction of sp³-hybridized carbons (Fsp3) is 0.667. The zero-order valence-electron chi connectivity index (χ0n) is 12.7. The second kappa shape index (κ2) is 5.82. The maximum absolute atomic E-state index is 3.95. The number of benzene rings is 1. The van der Waals surface area contributed by atoms with E-state index >= 15 is 0 Å². The van der Waals surface area contributed by atoms with Gasteiger partial charge in [0, 0.05) is 34.8 Å². The number of hydrogen-bond acceptors (Lipinski definition) is 2. The molecule has 1 aromatic carbocycles. The summed E-state index contributed by atoms with van der Waals surface area (Å²) in [5, 5.41) is 3.95. The summed E-state index contributed by atoms with van der Waals surface area (Å²) < 4.78 is 1.34. The number of halogens is 1. The van der Waals surface area contributed by atoms with Crippen LogP contribution >= 0.6 is 22.6 Å². The van der Waals surface area contributed by atoms with Crippen LogP contribution in [-0.2, 0) is 6.54 Å². The van der Waals surface area contributed by atoms with Gasteiger partial charge in [0.05, 0.1) is 0 Å². The van der Waals surface area contributed by atoms with Crippen molar-refractivity contribution < 1.29 is 0 Å². The van der Waals surface area contributed by atoms with Gasteiger partial charge in [-0.15, -0.1) is 0 Å². The van der Waals surface area contributed by atoms with Crippen LogP contribution in [0.5, 0.6) is 0 Å². The van der Waals surface area contributed by atoms with Crippen LogP contribution in [0.25, 0.3) is 0 Å². The molecule has 3 fully saturated rings. The number of hydrogen-bond donors (Lipinski definition) is 1. The Balaban J connectivity index is 1.51. The van der Waals surface area contributed by atoms with Gasteiger partial charge in [0.15, 0.2) is 0 Å². The van der Waals surface area contributed by atoms with Crippen LogP contribution in [0.3, 0.4) is 0 Å². The Morgan fingerprint density at radius 1 is 1.14 bits per heavy atom. The highest BCUT2D eigenvalue weighted by atomic mass is 127. The van der Waals surface area contributed by atoms with Gasteiger partial charge in [-0.1, -0.05) is 25.0 Å². The molecule has 4 rings (SSSR count). The molecule has 2 saturated carbocycles. The molecule has 2 aliphatic carbocycles. The van der Waals surface area contributed by atoms with Crippen molar-refractivity contribution in [1.29, 1.82) is 0 Å². The van der Waals surface area contributed by atoms with Gasteiger partial charge in [-0.05, 0) is 71.9 Å². The number of rotatable bonds is 3. The Bertz CT molecular complexity index is 488. The van der Waals surface area contributed by atoms with E-state index in [4.69, 9.17) is 0 Å². The molecule has 1 aliphatic heterocycles. The van der Waals surface area contributed by atoms with Crippen LogP contribution in [0.1, 0.15) is 44.1 Å². The third kappa shape index (κ3) is 3.15. The van der Waals surface area contributed by atoms with Gasteiger partial charge in [0.1, 0.15) is 0 Å². The van der Waals surface area contributed by atoms with Gasteiger partial charge in [-0.2, -0.15) is 0 Å². The van der Waals surface area contributed by atoms with E-state index in [1.807, 2.05) is 0 Å². The highest BCUT2D eigenvalue weighted by molar-refractivity contribution is 14.1. The zero-order chi connectivity index (χ0) is 14.3. The first-order valence-corrected chi connectivity index (χ1v) is 9.56. The molecule has 1 heterocycles. The number of nitrogens with zero attached hydrogens (tertiary/aromatic N) is 1. The van der Waals surface area contributed by atoms with E-state index in [9.17, 15) is 0 Å². The minimum absolute atomic E-state index is 0.439. The normalized spacial score (nSPS) is 29.1. The maximum atomic E-state index is 3.95. The Labute approximate surface area is 141 Å². The summed E-state index contributed by atoms with van der Waals surface area (Å²) in [6, 6.07) is 9.89. The van der Waals surface area contributed by atoms with Crippen molar-refractivity contribution in [3.8, 4) is 0 Å². The molecule has 2 nitrogen and oxygen atoms in total. The minimum Gasteiger partial charge on any atom is -0.308 e. The molecule has 114 valence electrons. The molecule has 1 saturated heterocycles. The van der Waals surface area contributed by atoms with E-state index in [1.54, 1.807) is 0 Å². The van der Waals surface area contributed by atoms with Crippen molar-refractivity contribution in [2.75, 3.05) is 13.1 Å². The minimum atomic E-state index is 0.439. The molecular formula is C18H25IN2. The van der Waals surface area contributed by atoms with E-state index in [1.165, 1.54) is 60.7 Å². The molecule has 3 heteroatoms. The Morgan fingerprint density at radius 3 is 2.52 bits per heavy atom. The lowest BCUT2D eigenvalue weighted by molar-refractivity contribution is 0.0627. The van der Waals surface area contributed by atoms with E-state index in [0.29, 0.717) is 5.54 Å². The summed E-state index contributed by atoms with van der Waals surface area (Å²) in [5.41, 5.74) is 1.92. The first kappa shape index (κ1) is 14.5. The van der Waals surface area contributed by atoms with Crippen molar-refractivity contribution in [1.82, 2.24) is 10.2 Å². The highest BCUT2D eigenvalue weighted by Crippen LogP contribution is 2.41. The third-order valence-electron chi connectivity index (χ3n) is 5.69. The second-order valence-electron chi connectivity index (χ2n) is 7.30. The molecule has 1 atom stereocenters. The van der Waals surface area contributed by atoms with Crippen LogP contribution in [0.2, 0.25) is 0 Å². The lowest BCUT2D eigenvalue weighted by Gasteiger charge is -2.47. The van der Waals surface area contributed by atoms with E-state index in [2.05, 4.69) is 57.1 Å². The summed E-state index contributed by atoms with van der Waals surface area (Å²) in [6.07, 6.45) is 8.49. The average Bonchev–Trinajstić information content (AvgIpc) is 3.23. The summed E-state index contributed by atoms with van der Waals surface area (Å²) >= 11 is 2.39. The number of nitrogens with one attached hydrogen (secondary N) is 1. The third-order valence-corrected chi connectivity index (χ3v) is 6.41. The molecule has 0 bridgehead atoms. The van der Waals surface area contributed by atoms with Crippen molar-refractivity contribution >= 4 is 22.6 Å².